The molecule has 2 aromatic carbocycles. The summed E-state index contributed by atoms with van der Waals surface area (Å²) in [6.07, 6.45) is 2.51. The van der Waals surface area contributed by atoms with Crippen LogP contribution in [0.2, 0.25) is 0 Å². The maximum absolute atomic E-state index is 12.9. The van der Waals surface area contributed by atoms with E-state index >= 15 is 0 Å². The monoisotopic (exact) mass is 352 g/mol. The van der Waals surface area contributed by atoms with Crippen LogP contribution in [0.1, 0.15) is 38.3 Å². The zero-order valence-corrected chi connectivity index (χ0v) is 15.7. The van der Waals surface area contributed by atoms with Gasteiger partial charge in [0.05, 0.1) is 18.8 Å². The lowest BCUT2D eigenvalue weighted by atomic mass is 9.97. The second kappa shape index (κ2) is 7.37. The van der Waals surface area contributed by atoms with E-state index in [0.29, 0.717) is 25.7 Å². The molecule has 2 fully saturated rings. The molecule has 0 spiro atoms. The molecule has 1 amide bonds. The van der Waals surface area contributed by atoms with Gasteiger partial charge in [0.25, 0.3) is 0 Å². The minimum Gasteiger partial charge on any atom is -0.372 e. The number of morpholine rings is 1. The lowest BCUT2D eigenvalue weighted by Crippen LogP contribution is -2.51. The third-order valence-corrected chi connectivity index (χ3v) is 5.66. The van der Waals surface area contributed by atoms with Crippen molar-refractivity contribution in [2.75, 3.05) is 26.2 Å². The summed E-state index contributed by atoms with van der Waals surface area (Å²) in [5, 5.41) is 2.59. The van der Waals surface area contributed by atoms with Crippen LogP contribution in [-0.2, 0) is 9.53 Å². The summed E-state index contributed by atoms with van der Waals surface area (Å²) >= 11 is 0. The van der Waals surface area contributed by atoms with E-state index in [9.17, 15) is 4.79 Å². The van der Waals surface area contributed by atoms with Crippen LogP contribution in [-0.4, -0.2) is 54.1 Å². The normalized spacial score (nSPS) is 27.2. The molecular formula is C22H28N2O2. The molecular weight excluding hydrogens is 324 g/mol. The minimum absolute atomic E-state index is 0.121. The summed E-state index contributed by atoms with van der Waals surface area (Å²) in [6.45, 7) is 7.00. The first-order valence-electron chi connectivity index (χ1n) is 9.77. The maximum Gasteiger partial charge on any atom is 0.236 e. The van der Waals surface area contributed by atoms with Gasteiger partial charge in [0.2, 0.25) is 5.91 Å². The Morgan fingerprint density at radius 3 is 2.62 bits per heavy atom. The number of likely N-dealkylation sites (tertiary alicyclic amines) is 1. The van der Waals surface area contributed by atoms with E-state index in [1.165, 1.54) is 16.3 Å². The standard InChI is InChI=1S/C22H28N2O2/c1-16-13-24(14-17(2)26-16)22(25)15-23-12-6-11-21(23)20-10-5-8-18-7-3-4-9-19(18)20/h3-5,7-10,16-17,21H,6,11-15H2,1-2H3. The predicted molar refractivity (Wildman–Crippen MR) is 104 cm³/mol. The Bertz CT molecular complexity index is 775. The van der Waals surface area contributed by atoms with Crippen LogP contribution in [0.3, 0.4) is 0 Å². The third kappa shape index (κ3) is 3.49. The first-order chi connectivity index (χ1) is 12.6. The summed E-state index contributed by atoms with van der Waals surface area (Å²) < 4.78 is 5.77. The Morgan fingerprint density at radius 2 is 1.81 bits per heavy atom. The lowest BCUT2D eigenvalue weighted by Gasteiger charge is -2.36. The zero-order valence-electron chi connectivity index (χ0n) is 15.7. The van der Waals surface area contributed by atoms with Gasteiger partial charge in [0.15, 0.2) is 0 Å². The molecule has 3 atom stereocenters. The average Bonchev–Trinajstić information content (AvgIpc) is 3.08. The van der Waals surface area contributed by atoms with Crippen LogP contribution < -0.4 is 0 Å². The molecule has 0 aliphatic carbocycles. The number of carbonyl (C=O) groups excluding carboxylic acids is 1. The first kappa shape index (κ1) is 17.5. The number of nitrogens with zero attached hydrogens (tertiary/aromatic N) is 2. The molecule has 0 aromatic heterocycles. The van der Waals surface area contributed by atoms with Gasteiger partial charge < -0.3 is 9.64 Å². The van der Waals surface area contributed by atoms with Crippen LogP contribution in [0.25, 0.3) is 10.8 Å². The molecule has 0 bridgehead atoms. The molecule has 2 aliphatic heterocycles. The van der Waals surface area contributed by atoms with Crippen LogP contribution >= 0.6 is 0 Å². The van der Waals surface area contributed by atoms with Crippen molar-refractivity contribution in [3.63, 3.8) is 0 Å². The van der Waals surface area contributed by atoms with Gasteiger partial charge in [0.1, 0.15) is 0 Å². The fourth-order valence-electron chi connectivity index (χ4n) is 4.56. The molecule has 2 aromatic rings. The molecule has 26 heavy (non-hydrogen) atoms. The summed E-state index contributed by atoms with van der Waals surface area (Å²) in [5.41, 5.74) is 1.36. The van der Waals surface area contributed by atoms with E-state index in [4.69, 9.17) is 4.74 Å². The van der Waals surface area contributed by atoms with Crippen LogP contribution in [0, 0.1) is 0 Å². The summed E-state index contributed by atoms with van der Waals surface area (Å²) in [5.74, 6) is 0.235. The van der Waals surface area contributed by atoms with Crippen LogP contribution in [0.4, 0.5) is 0 Å². The van der Waals surface area contributed by atoms with E-state index in [1.54, 1.807) is 0 Å². The molecule has 2 saturated heterocycles. The molecule has 138 valence electrons. The number of ether oxygens (including phenoxy) is 1. The number of hydrogen-bond donors (Lipinski definition) is 0. The van der Waals surface area contributed by atoms with E-state index in [-0.39, 0.29) is 18.1 Å². The van der Waals surface area contributed by atoms with Crippen molar-refractivity contribution >= 4 is 16.7 Å². The lowest BCUT2D eigenvalue weighted by molar-refractivity contribution is -0.144. The maximum atomic E-state index is 12.9. The number of benzene rings is 2. The van der Waals surface area contributed by atoms with Crippen LogP contribution in [0.5, 0.6) is 0 Å². The highest BCUT2D eigenvalue weighted by molar-refractivity contribution is 5.86. The molecule has 4 nitrogen and oxygen atoms in total. The number of rotatable bonds is 3. The quantitative estimate of drug-likeness (QED) is 0.846. The van der Waals surface area contributed by atoms with Crippen molar-refractivity contribution in [1.29, 1.82) is 0 Å². The Hall–Kier alpha value is -1.91. The van der Waals surface area contributed by atoms with Crippen molar-refractivity contribution in [1.82, 2.24) is 9.80 Å². The highest BCUT2D eigenvalue weighted by atomic mass is 16.5. The van der Waals surface area contributed by atoms with Gasteiger partial charge in [-0.05, 0) is 49.6 Å². The molecule has 4 heteroatoms. The average molecular weight is 352 g/mol. The van der Waals surface area contributed by atoms with Crippen molar-refractivity contribution in [2.45, 2.75) is 44.9 Å². The Kier molecular flexibility index (Phi) is 4.96. The van der Waals surface area contributed by atoms with Gasteiger partial charge in [-0.15, -0.1) is 0 Å². The highest BCUT2D eigenvalue weighted by Gasteiger charge is 2.32. The Morgan fingerprint density at radius 1 is 1.08 bits per heavy atom. The van der Waals surface area contributed by atoms with Gasteiger partial charge in [-0.25, -0.2) is 0 Å². The highest BCUT2D eigenvalue weighted by Crippen LogP contribution is 2.35. The largest absolute Gasteiger partial charge is 0.372 e. The van der Waals surface area contributed by atoms with E-state index in [1.807, 2.05) is 18.7 Å². The molecule has 4 rings (SSSR count). The number of amides is 1. The molecule has 2 aliphatic rings. The summed E-state index contributed by atoms with van der Waals surface area (Å²) in [4.78, 5) is 17.3. The zero-order chi connectivity index (χ0) is 18.1. The molecule has 3 unspecified atom stereocenters. The number of carbonyl (C=O) groups is 1. The second-order valence-electron chi connectivity index (χ2n) is 7.75. The number of hydrogen-bond acceptors (Lipinski definition) is 3. The van der Waals surface area contributed by atoms with Crippen molar-refractivity contribution in [2.24, 2.45) is 0 Å². The molecule has 0 saturated carbocycles. The van der Waals surface area contributed by atoms with E-state index in [2.05, 4.69) is 47.4 Å². The fourth-order valence-corrected chi connectivity index (χ4v) is 4.56. The second-order valence-corrected chi connectivity index (χ2v) is 7.75. The smallest absolute Gasteiger partial charge is 0.236 e. The third-order valence-electron chi connectivity index (χ3n) is 5.66. The molecule has 2 heterocycles. The van der Waals surface area contributed by atoms with Gasteiger partial charge in [-0.1, -0.05) is 42.5 Å². The molecule has 0 radical (unpaired) electrons. The summed E-state index contributed by atoms with van der Waals surface area (Å²) in [7, 11) is 0. The predicted octanol–water partition coefficient (Wildman–Crippen LogP) is 3.61. The molecule has 0 N–H and O–H groups in total. The number of fused-ring (bicyclic) bond motifs is 1. The van der Waals surface area contributed by atoms with E-state index in [0.717, 1.165) is 19.4 Å². The van der Waals surface area contributed by atoms with Gasteiger partial charge in [-0.3, -0.25) is 9.69 Å². The van der Waals surface area contributed by atoms with Crippen LogP contribution in [0.15, 0.2) is 42.5 Å². The fraction of sp³-hybridized carbons (Fsp3) is 0.500. The van der Waals surface area contributed by atoms with E-state index < -0.39 is 0 Å². The topological polar surface area (TPSA) is 32.8 Å². The van der Waals surface area contributed by atoms with Crippen molar-refractivity contribution in [3.05, 3.63) is 48.0 Å². The Labute approximate surface area is 155 Å². The first-order valence-corrected chi connectivity index (χ1v) is 9.77. The van der Waals surface area contributed by atoms with Gasteiger partial charge in [0, 0.05) is 19.1 Å². The van der Waals surface area contributed by atoms with Crippen molar-refractivity contribution in [3.8, 4) is 0 Å². The summed E-state index contributed by atoms with van der Waals surface area (Å²) in [6, 6.07) is 15.4. The SMILES string of the molecule is CC1CN(C(=O)CN2CCCC2c2cccc3ccccc23)CC(C)O1. The van der Waals surface area contributed by atoms with Gasteiger partial charge >= 0.3 is 0 Å². The Balaban J connectivity index is 1.52. The van der Waals surface area contributed by atoms with Gasteiger partial charge in [-0.2, -0.15) is 0 Å². The minimum atomic E-state index is 0.121. The van der Waals surface area contributed by atoms with Crippen molar-refractivity contribution < 1.29 is 9.53 Å².